The third kappa shape index (κ3) is 1.35. The number of hydrogen-bond donors (Lipinski definition) is 1. The van der Waals surface area contributed by atoms with Crippen LogP contribution in [0.25, 0.3) is 18.2 Å². The zero-order valence-corrected chi connectivity index (χ0v) is 8.51. The van der Waals surface area contributed by atoms with E-state index in [4.69, 9.17) is 0 Å². The van der Waals surface area contributed by atoms with Crippen molar-refractivity contribution in [3.63, 3.8) is 0 Å². The Labute approximate surface area is 84.9 Å². The molecule has 1 aliphatic carbocycles. The van der Waals surface area contributed by atoms with Gasteiger partial charge in [0.25, 0.3) is 0 Å². The second-order valence-corrected chi connectivity index (χ2v) is 3.49. The molecular formula is C13H15N. The first-order valence-corrected chi connectivity index (χ1v) is 5.03. The van der Waals surface area contributed by atoms with E-state index in [2.05, 4.69) is 29.8 Å². The van der Waals surface area contributed by atoms with Crippen LogP contribution < -0.4 is 0 Å². The minimum Gasteiger partial charge on any atom is -0.358 e. The number of fused-ring (bicyclic) bond motifs is 1. The number of aromatic nitrogens is 1. The summed E-state index contributed by atoms with van der Waals surface area (Å²) in [6.07, 6.45) is 12.8. The molecule has 14 heavy (non-hydrogen) atoms. The molecule has 1 heteroatoms. The van der Waals surface area contributed by atoms with E-state index in [9.17, 15) is 0 Å². The van der Waals surface area contributed by atoms with Gasteiger partial charge in [0.15, 0.2) is 0 Å². The largest absolute Gasteiger partial charge is 0.358 e. The number of hydrogen-bond acceptors (Lipinski definition) is 0. The van der Waals surface area contributed by atoms with Crippen molar-refractivity contribution in [1.82, 2.24) is 4.98 Å². The first-order chi connectivity index (χ1) is 6.86. The molecule has 0 fully saturated rings. The molecule has 1 nitrogen and oxygen atoms in total. The number of nitrogens with one attached hydrogen (secondary N) is 1. The quantitative estimate of drug-likeness (QED) is 0.723. The van der Waals surface area contributed by atoms with Crippen molar-refractivity contribution in [1.29, 1.82) is 0 Å². The predicted molar refractivity (Wildman–Crippen MR) is 62.9 cm³/mol. The monoisotopic (exact) mass is 185 g/mol. The van der Waals surface area contributed by atoms with Gasteiger partial charge in [0.2, 0.25) is 0 Å². The average molecular weight is 185 g/mol. The zero-order chi connectivity index (χ0) is 9.97. The number of aromatic amines is 1. The molecule has 1 aliphatic rings. The summed E-state index contributed by atoms with van der Waals surface area (Å²) in [5, 5.41) is 0. The highest BCUT2D eigenvalue weighted by molar-refractivity contribution is 5.75. The van der Waals surface area contributed by atoms with E-state index in [1.54, 1.807) is 0 Å². The summed E-state index contributed by atoms with van der Waals surface area (Å²) in [5.74, 6) is 0. The van der Waals surface area contributed by atoms with Crippen LogP contribution in [-0.2, 0) is 6.42 Å². The maximum Gasteiger partial charge on any atom is 0.0458 e. The van der Waals surface area contributed by atoms with Gasteiger partial charge >= 0.3 is 0 Å². The SMILES string of the molecule is C=Cc1c(/C=C\C)[nH]c2c1C=CCC2. The van der Waals surface area contributed by atoms with E-state index in [0.717, 1.165) is 12.8 Å². The summed E-state index contributed by atoms with van der Waals surface area (Å²) < 4.78 is 0. The van der Waals surface area contributed by atoms with Crippen molar-refractivity contribution in [3.05, 3.63) is 41.2 Å². The number of aryl methyl sites for hydroxylation is 1. The Balaban J connectivity index is 2.58. The Morgan fingerprint density at radius 2 is 2.36 bits per heavy atom. The van der Waals surface area contributed by atoms with Crippen molar-refractivity contribution >= 4 is 18.2 Å². The van der Waals surface area contributed by atoms with Crippen LogP contribution in [0.3, 0.4) is 0 Å². The summed E-state index contributed by atoms with van der Waals surface area (Å²) in [4.78, 5) is 3.44. The molecule has 0 unspecified atom stereocenters. The van der Waals surface area contributed by atoms with Gasteiger partial charge in [0.05, 0.1) is 0 Å². The van der Waals surface area contributed by atoms with E-state index in [1.165, 1.54) is 22.5 Å². The van der Waals surface area contributed by atoms with E-state index < -0.39 is 0 Å². The molecular weight excluding hydrogens is 170 g/mol. The van der Waals surface area contributed by atoms with E-state index in [-0.39, 0.29) is 0 Å². The third-order valence-corrected chi connectivity index (χ3v) is 2.57. The van der Waals surface area contributed by atoms with Crippen LogP contribution in [0.4, 0.5) is 0 Å². The highest BCUT2D eigenvalue weighted by Crippen LogP contribution is 2.27. The van der Waals surface area contributed by atoms with Gasteiger partial charge in [0.1, 0.15) is 0 Å². The van der Waals surface area contributed by atoms with Gasteiger partial charge in [-0.05, 0) is 25.8 Å². The fourth-order valence-electron chi connectivity index (χ4n) is 1.94. The highest BCUT2D eigenvalue weighted by atomic mass is 14.7. The molecule has 0 saturated carbocycles. The molecule has 0 bridgehead atoms. The lowest BCUT2D eigenvalue weighted by Crippen LogP contribution is -1.91. The molecule has 0 radical (unpaired) electrons. The molecule has 72 valence electrons. The summed E-state index contributed by atoms with van der Waals surface area (Å²) in [7, 11) is 0. The number of rotatable bonds is 2. The third-order valence-electron chi connectivity index (χ3n) is 2.57. The Morgan fingerprint density at radius 3 is 3.07 bits per heavy atom. The topological polar surface area (TPSA) is 15.8 Å². The van der Waals surface area contributed by atoms with Gasteiger partial charge in [-0.3, -0.25) is 0 Å². The molecule has 1 aromatic rings. The van der Waals surface area contributed by atoms with E-state index >= 15 is 0 Å². The van der Waals surface area contributed by atoms with Crippen molar-refractivity contribution in [2.24, 2.45) is 0 Å². The van der Waals surface area contributed by atoms with Gasteiger partial charge in [-0.1, -0.05) is 30.9 Å². The fraction of sp³-hybridized carbons (Fsp3) is 0.231. The second-order valence-electron chi connectivity index (χ2n) is 3.49. The maximum absolute atomic E-state index is 3.87. The normalized spacial score (nSPS) is 14.6. The average Bonchev–Trinajstić information content (AvgIpc) is 2.55. The van der Waals surface area contributed by atoms with Crippen LogP contribution >= 0.6 is 0 Å². The Morgan fingerprint density at radius 1 is 1.50 bits per heavy atom. The van der Waals surface area contributed by atoms with Crippen LogP contribution in [0, 0.1) is 0 Å². The van der Waals surface area contributed by atoms with Gasteiger partial charge in [-0.15, -0.1) is 0 Å². The molecule has 0 amide bonds. The van der Waals surface area contributed by atoms with Gasteiger partial charge < -0.3 is 4.98 Å². The second kappa shape index (κ2) is 3.70. The van der Waals surface area contributed by atoms with Crippen molar-refractivity contribution in [2.45, 2.75) is 19.8 Å². The van der Waals surface area contributed by atoms with Crippen LogP contribution in [0.1, 0.15) is 35.9 Å². The minimum atomic E-state index is 1.12. The van der Waals surface area contributed by atoms with Crippen LogP contribution in [0.15, 0.2) is 18.7 Å². The van der Waals surface area contributed by atoms with Crippen molar-refractivity contribution in [2.75, 3.05) is 0 Å². The maximum atomic E-state index is 3.87. The molecule has 2 rings (SSSR count). The van der Waals surface area contributed by atoms with Crippen LogP contribution in [0.5, 0.6) is 0 Å². The first-order valence-electron chi connectivity index (χ1n) is 5.03. The standard InChI is InChI=1S/C13H15N/c1-3-7-12-10(4-2)11-8-5-6-9-13(11)14-12/h3-5,7-8,14H,2,6,9H2,1H3/b7-3-. The molecule has 1 aromatic heterocycles. The molecule has 0 aromatic carbocycles. The zero-order valence-electron chi connectivity index (χ0n) is 8.51. The summed E-state index contributed by atoms with van der Waals surface area (Å²) in [6.45, 7) is 5.90. The molecule has 1 N–H and O–H groups in total. The summed E-state index contributed by atoms with van der Waals surface area (Å²) in [6, 6.07) is 0. The highest BCUT2D eigenvalue weighted by Gasteiger charge is 2.12. The van der Waals surface area contributed by atoms with Gasteiger partial charge in [-0.2, -0.15) is 0 Å². The van der Waals surface area contributed by atoms with E-state index in [0.29, 0.717) is 0 Å². The Kier molecular flexibility index (Phi) is 2.40. The molecule has 0 spiro atoms. The number of allylic oxidation sites excluding steroid dienone is 2. The summed E-state index contributed by atoms with van der Waals surface area (Å²) in [5.41, 5.74) is 5.07. The lowest BCUT2D eigenvalue weighted by atomic mass is 10.0. The summed E-state index contributed by atoms with van der Waals surface area (Å²) >= 11 is 0. The number of H-pyrrole nitrogens is 1. The molecule has 1 heterocycles. The Hall–Kier alpha value is -1.50. The van der Waals surface area contributed by atoms with Gasteiger partial charge in [0, 0.05) is 22.5 Å². The van der Waals surface area contributed by atoms with Crippen LogP contribution in [-0.4, -0.2) is 4.98 Å². The lowest BCUT2D eigenvalue weighted by molar-refractivity contribution is 0.943. The van der Waals surface area contributed by atoms with E-state index in [1.807, 2.05) is 19.1 Å². The fourth-order valence-corrected chi connectivity index (χ4v) is 1.94. The minimum absolute atomic E-state index is 1.12. The first kappa shape index (κ1) is 9.07. The Bertz CT molecular complexity index is 405. The van der Waals surface area contributed by atoms with Crippen molar-refractivity contribution in [3.8, 4) is 0 Å². The predicted octanol–water partition coefficient (Wildman–Crippen LogP) is 3.65. The molecule has 0 atom stereocenters. The van der Waals surface area contributed by atoms with Crippen molar-refractivity contribution < 1.29 is 0 Å². The lowest BCUT2D eigenvalue weighted by Gasteiger charge is -2.04. The van der Waals surface area contributed by atoms with Crippen LogP contribution in [0.2, 0.25) is 0 Å². The van der Waals surface area contributed by atoms with Gasteiger partial charge in [-0.25, -0.2) is 0 Å². The molecule has 0 saturated heterocycles. The molecule has 0 aliphatic heterocycles. The smallest absolute Gasteiger partial charge is 0.0458 e.